The van der Waals surface area contributed by atoms with Gasteiger partial charge in [-0.15, -0.1) is 0 Å². The highest BCUT2D eigenvalue weighted by Gasteiger charge is 2.35. The van der Waals surface area contributed by atoms with Crippen molar-refractivity contribution in [3.05, 3.63) is 0 Å². The van der Waals surface area contributed by atoms with Crippen LogP contribution in [0.1, 0.15) is 33.6 Å². The zero-order valence-corrected chi connectivity index (χ0v) is 11.6. The summed E-state index contributed by atoms with van der Waals surface area (Å²) in [4.78, 5) is 14.5. The lowest BCUT2D eigenvalue weighted by molar-refractivity contribution is -0.132. The Labute approximate surface area is 110 Å². The summed E-state index contributed by atoms with van der Waals surface area (Å²) in [7, 11) is 0. The minimum Gasteiger partial charge on any atom is -0.351 e. The first-order chi connectivity index (χ1) is 8.52. The summed E-state index contributed by atoms with van der Waals surface area (Å²) in [6.07, 6.45) is 1.16. The van der Waals surface area contributed by atoms with E-state index >= 15 is 0 Å². The van der Waals surface area contributed by atoms with Crippen molar-refractivity contribution in [2.45, 2.75) is 45.2 Å². The molecular weight excluding hydrogens is 228 g/mol. The van der Waals surface area contributed by atoms with Gasteiger partial charge < -0.3 is 10.6 Å². The quantitative estimate of drug-likeness (QED) is 0.747. The fourth-order valence-corrected chi connectivity index (χ4v) is 2.14. The van der Waals surface area contributed by atoms with Crippen LogP contribution >= 0.6 is 0 Å². The molecule has 2 N–H and O–H groups in total. The number of carbonyl (C=O) groups is 1. The molecule has 1 aliphatic rings. The average Bonchev–Trinajstić information content (AvgIpc) is 2.39. The maximum absolute atomic E-state index is 12.3. The number of nitriles is 1. The van der Waals surface area contributed by atoms with Crippen LogP contribution < -0.4 is 10.6 Å². The van der Waals surface area contributed by atoms with Crippen LogP contribution in [0.3, 0.4) is 0 Å². The van der Waals surface area contributed by atoms with Crippen LogP contribution in [0.2, 0.25) is 0 Å². The molecule has 1 heterocycles. The van der Waals surface area contributed by atoms with Crippen molar-refractivity contribution in [2.24, 2.45) is 0 Å². The molecule has 0 spiro atoms. The van der Waals surface area contributed by atoms with E-state index in [1.165, 1.54) is 0 Å². The minimum atomic E-state index is -0.509. The maximum Gasteiger partial charge on any atom is 0.240 e. The Morgan fingerprint density at radius 3 is 2.61 bits per heavy atom. The summed E-state index contributed by atoms with van der Waals surface area (Å²) in [5.74, 6) is 0.0199. The average molecular weight is 252 g/mol. The van der Waals surface area contributed by atoms with Gasteiger partial charge in [0.15, 0.2) is 0 Å². The molecule has 1 rings (SSSR count). The standard InChI is InChI=1S/C13H24N4O/c1-4-11(5-6-14)16-12(18)13(2,3)17-9-7-15-8-10-17/h11,15H,4-5,7-10H2,1-3H3,(H,16,18). The largest absolute Gasteiger partial charge is 0.351 e. The third-order valence-electron chi connectivity index (χ3n) is 3.63. The molecule has 1 fully saturated rings. The lowest BCUT2D eigenvalue weighted by Gasteiger charge is -2.40. The fraction of sp³-hybridized carbons (Fsp3) is 0.846. The molecule has 0 aromatic heterocycles. The predicted molar refractivity (Wildman–Crippen MR) is 71.0 cm³/mol. The number of hydrogen-bond acceptors (Lipinski definition) is 4. The van der Waals surface area contributed by atoms with E-state index in [4.69, 9.17) is 5.26 Å². The number of carbonyl (C=O) groups excluding carboxylic acids is 1. The van der Waals surface area contributed by atoms with Crippen molar-refractivity contribution >= 4 is 5.91 Å². The van der Waals surface area contributed by atoms with Crippen molar-refractivity contribution < 1.29 is 4.79 Å². The minimum absolute atomic E-state index is 0.0199. The molecule has 1 atom stereocenters. The molecule has 18 heavy (non-hydrogen) atoms. The molecule has 1 aliphatic heterocycles. The molecule has 0 aromatic rings. The highest BCUT2D eigenvalue weighted by molar-refractivity contribution is 5.85. The summed E-state index contributed by atoms with van der Waals surface area (Å²) in [6, 6.07) is 2.08. The van der Waals surface area contributed by atoms with Crippen molar-refractivity contribution in [2.75, 3.05) is 26.2 Å². The lowest BCUT2D eigenvalue weighted by atomic mass is 9.99. The zero-order valence-electron chi connectivity index (χ0n) is 11.6. The molecule has 0 aromatic carbocycles. The molecule has 0 aliphatic carbocycles. The van der Waals surface area contributed by atoms with Crippen molar-refractivity contribution in [3.63, 3.8) is 0 Å². The van der Waals surface area contributed by atoms with Gasteiger partial charge in [0, 0.05) is 32.2 Å². The lowest BCUT2D eigenvalue weighted by Crippen LogP contribution is -2.61. The van der Waals surface area contributed by atoms with E-state index in [0.717, 1.165) is 32.6 Å². The van der Waals surface area contributed by atoms with Gasteiger partial charge >= 0.3 is 0 Å². The van der Waals surface area contributed by atoms with E-state index in [1.807, 2.05) is 20.8 Å². The number of amides is 1. The third kappa shape index (κ3) is 3.69. The summed E-state index contributed by atoms with van der Waals surface area (Å²) in [6.45, 7) is 9.50. The second-order valence-corrected chi connectivity index (χ2v) is 5.24. The first kappa shape index (κ1) is 14.9. The summed E-state index contributed by atoms with van der Waals surface area (Å²) in [5.41, 5.74) is -0.509. The zero-order chi connectivity index (χ0) is 13.6. The Morgan fingerprint density at radius 1 is 1.50 bits per heavy atom. The predicted octanol–water partition coefficient (Wildman–Crippen LogP) is 0.479. The van der Waals surface area contributed by atoms with Crippen molar-refractivity contribution in [1.29, 1.82) is 5.26 Å². The molecule has 1 amide bonds. The molecule has 1 saturated heterocycles. The number of hydrogen-bond donors (Lipinski definition) is 2. The summed E-state index contributed by atoms with van der Waals surface area (Å²) in [5, 5.41) is 15.0. The first-order valence-corrected chi connectivity index (χ1v) is 6.66. The van der Waals surface area contributed by atoms with Gasteiger partial charge in [0.05, 0.1) is 18.0 Å². The second kappa shape index (κ2) is 6.72. The van der Waals surface area contributed by atoms with Gasteiger partial charge in [0.1, 0.15) is 0 Å². The van der Waals surface area contributed by atoms with Gasteiger partial charge in [-0.25, -0.2) is 0 Å². The molecule has 5 heteroatoms. The van der Waals surface area contributed by atoms with Gasteiger partial charge in [0.2, 0.25) is 5.91 Å². The molecule has 0 bridgehead atoms. The van der Waals surface area contributed by atoms with Gasteiger partial charge in [-0.05, 0) is 20.3 Å². The Hall–Kier alpha value is -1.12. The Kier molecular flexibility index (Phi) is 5.57. The highest BCUT2D eigenvalue weighted by atomic mass is 16.2. The van der Waals surface area contributed by atoms with Crippen molar-refractivity contribution in [1.82, 2.24) is 15.5 Å². The van der Waals surface area contributed by atoms with Crippen LogP contribution in [0, 0.1) is 11.3 Å². The Balaban J connectivity index is 2.60. The Bertz CT molecular complexity index is 315. The van der Waals surface area contributed by atoms with Crippen LogP contribution in [-0.2, 0) is 4.79 Å². The van der Waals surface area contributed by atoms with E-state index in [-0.39, 0.29) is 11.9 Å². The van der Waals surface area contributed by atoms with Crippen LogP contribution in [0.15, 0.2) is 0 Å². The fourth-order valence-electron chi connectivity index (χ4n) is 2.14. The maximum atomic E-state index is 12.3. The normalized spacial score (nSPS) is 19.0. The number of nitrogens with zero attached hydrogens (tertiary/aromatic N) is 2. The molecule has 102 valence electrons. The summed E-state index contributed by atoms with van der Waals surface area (Å²) >= 11 is 0. The molecule has 1 unspecified atom stereocenters. The van der Waals surface area contributed by atoms with Crippen LogP contribution in [0.4, 0.5) is 0 Å². The topological polar surface area (TPSA) is 68.2 Å². The second-order valence-electron chi connectivity index (χ2n) is 5.24. The number of nitrogens with one attached hydrogen (secondary N) is 2. The van der Waals surface area contributed by atoms with Gasteiger partial charge in [-0.1, -0.05) is 6.92 Å². The third-order valence-corrected chi connectivity index (χ3v) is 3.63. The Morgan fingerprint density at radius 2 is 2.11 bits per heavy atom. The smallest absolute Gasteiger partial charge is 0.240 e. The van der Waals surface area contributed by atoms with E-state index < -0.39 is 5.54 Å². The molecule has 0 radical (unpaired) electrons. The first-order valence-electron chi connectivity index (χ1n) is 6.66. The monoisotopic (exact) mass is 252 g/mol. The molecular formula is C13H24N4O. The van der Waals surface area contributed by atoms with E-state index in [0.29, 0.717) is 6.42 Å². The number of rotatable bonds is 5. The van der Waals surface area contributed by atoms with Gasteiger partial charge in [-0.2, -0.15) is 5.26 Å². The van der Waals surface area contributed by atoms with Crippen LogP contribution in [0.25, 0.3) is 0 Å². The highest BCUT2D eigenvalue weighted by Crippen LogP contribution is 2.16. The van der Waals surface area contributed by atoms with E-state index in [2.05, 4.69) is 21.6 Å². The van der Waals surface area contributed by atoms with Crippen LogP contribution in [0.5, 0.6) is 0 Å². The SMILES string of the molecule is CCC(CC#N)NC(=O)C(C)(C)N1CCNCC1. The summed E-state index contributed by atoms with van der Waals surface area (Å²) < 4.78 is 0. The molecule has 5 nitrogen and oxygen atoms in total. The van der Waals surface area contributed by atoms with E-state index in [9.17, 15) is 4.79 Å². The van der Waals surface area contributed by atoms with E-state index in [1.54, 1.807) is 0 Å². The van der Waals surface area contributed by atoms with Crippen molar-refractivity contribution in [3.8, 4) is 6.07 Å². The molecule has 0 saturated carbocycles. The van der Waals surface area contributed by atoms with Gasteiger partial charge in [0.25, 0.3) is 0 Å². The number of piperazine rings is 1. The van der Waals surface area contributed by atoms with Gasteiger partial charge in [-0.3, -0.25) is 9.69 Å². The van der Waals surface area contributed by atoms with Crippen LogP contribution in [-0.4, -0.2) is 48.6 Å².